The van der Waals surface area contributed by atoms with Crippen molar-refractivity contribution in [3.05, 3.63) is 72.8 Å². The van der Waals surface area contributed by atoms with Crippen molar-refractivity contribution < 1.29 is 14.0 Å². The molecule has 0 amide bonds. The summed E-state index contributed by atoms with van der Waals surface area (Å²) >= 11 is -1.11. The second-order valence-electron chi connectivity index (χ2n) is 10.1. The predicted molar refractivity (Wildman–Crippen MR) is 145 cm³/mol. The van der Waals surface area contributed by atoms with Gasteiger partial charge in [-0.2, -0.15) is 0 Å². The van der Waals surface area contributed by atoms with Gasteiger partial charge in [-0.25, -0.2) is 9.97 Å². The molecule has 0 radical (unpaired) electrons. The van der Waals surface area contributed by atoms with Crippen LogP contribution in [0.4, 0.5) is 5.82 Å². The molecule has 0 spiro atoms. The molecule has 2 bridgehead atoms. The molecule has 0 aliphatic heterocycles. The first-order valence-electron chi connectivity index (χ1n) is 12.6. The number of aromatic nitrogens is 3. The second kappa shape index (κ2) is 9.64. The summed E-state index contributed by atoms with van der Waals surface area (Å²) in [6.07, 6.45) is 8.54. The van der Waals surface area contributed by atoms with Crippen LogP contribution in [0.2, 0.25) is 0 Å². The lowest BCUT2D eigenvalue weighted by Crippen LogP contribution is -2.46. The molecule has 8 nitrogen and oxygen atoms in total. The standard InChI is InChI=1S/C28H31N5O3S/c1-35-17-18-37(34)32-28-13-11-27(19-28,12-14-28)26-31-23(24-25(29)30-15-16-33(24)26)20-7-9-22(10-8-20)36-21-5-3-2-4-6-21/h2-10,15-16,32H,11-14,17-19H2,1H3,(H2,29,30). The molecule has 3 N–H and O–H groups in total. The van der Waals surface area contributed by atoms with Crippen molar-refractivity contribution in [1.29, 1.82) is 0 Å². The zero-order valence-corrected chi connectivity index (χ0v) is 21.7. The number of ether oxygens (including phenoxy) is 2. The lowest BCUT2D eigenvalue weighted by molar-refractivity contribution is 0.216. The lowest BCUT2D eigenvalue weighted by Gasteiger charge is -2.28. The molecule has 1 unspecified atom stereocenters. The van der Waals surface area contributed by atoms with Crippen molar-refractivity contribution in [2.24, 2.45) is 0 Å². The van der Waals surface area contributed by atoms with Crippen molar-refractivity contribution in [3.63, 3.8) is 0 Å². The molecule has 2 saturated carbocycles. The van der Waals surface area contributed by atoms with Crippen LogP contribution >= 0.6 is 0 Å². The van der Waals surface area contributed by atoms with Crippen molar-refractivity contribution in [2.45, 2.75) is 43.1 Å². The van der Waals surface area contributed by atoms with E-state index >= 15 is 0 Å². The van der Waals surface area contributed by atoms with E-state index in [1.807, 2.05) is 60.8 Å². The minimum absolute atomic E-state index is 0.0935. The fourth-order valence-corrected chi connectivity index (χ4v) is 7.22. The Morgan fingerprint density at radius 2 is 1.78 bits per heavy atom. The summed E-state index contributed by atoms with van der Waals surface area (Å²) < 4.78 is 29.3. The topological polar surface area (TPSA) is 110 Å². The lowest BCUT2D eigenvalue weighted by atomic mass is 9.83. The summed E-state index contributed by atoms with van der Waals surface area (Å²) in [5.41, 5.74) is 8.80. The summed E-state index contributed by atoms with van der Waals surface area (Å²) in [7, 11) is 1.64. The number of nitrogen functional groups attached to an aromatic ring is 1. The first-order valence-corrected chi connectivity index (χ1v) is 13.9. The molecular weight excluding hydrogens is 486 g/mol. The number of para-hydroxylation sites is 1. The van der Waals surface area contributed by atoms with Gasteiger partial charge in [-0.05, 0) is 68.5 Å². The minimum atomic E-state index is -1.11. The van der Waals surface area contributed by atoms with E-state index in [1.54, 1.807) is 13.3 Å². The monoisotopic (exact) mass is 517 g/mol. The quantitative estimate of drug-likeness (QED) is 0.312. The van der Waals surface area contributed by atoms with Gasteiger partial charge >= 0.3 is 0 Å². The first-order chi connectivity index (χ1) is 18.0. The number of imidazole rings is 1. The smallest absolute Gasteiger partial charge is 0.150 e. The second-order valence-corrected chi connectivity index (χ2v) is 11.4. The number of methoxy groups -OCH3 is 1. The molecule has 2 aromatic heterocycles. The Kier molecular flexibility index (Phi) is 6.32. The number of anilines is 1. The summed E-state index contributed by atoms with van der Waals surface area (Å²) in [4.78, 5) is 9.60. The van der Waals surface area contributed by atoms with E-state index in [4.69, 9.17) is 20.2 Å². The molecule has 6 rings (SSSR count). The zero-order valence-electron chi connectivity index (χ0n) is 20.9. The van der Waals surface area contributed by atoms with Crippen LogP contribution in [-0.4, -0.2) is 43.9 Å². The molecule has 2 heterocycles. The number of rotatable bonds is 9. The van der Waals surface area contributed by atoms with Crippen LogP contribution in [0.5, 0.6) is 11.5 Å². The van der Waals surface area contributed by atoms with Crippen molar-refractivity contribution >= 4 is 22.7 Å². The number of nitrogens with one attached hydrogen (secondary N) is 1. The van der Waals surface area contributed by atoms with Crippen molar-refractivity contribution in [3.8, 4) is 22.8 Å². The molecule has 0 saturated heterocycles. The van der Waals surface area contributed by atoms with Crippen molar-refractivity contribution in [1.82, 2.24) is 19.1 Å². The van der Waals surface area contributed by atoms with Gasteiger partial charge in [-0.1, -0.05) is 18.2 Å². The van der Waals surface area contributed by atoms with Crippen LogP contribution in [0.3, 0.4) is 0 Å². The van der Waals surface area contributed by atoms with Gasteiger partial charge in [-0.15, -0.1) is 4.72 Å². The van der Waals surface area contributed by atoms with E-state index in [0.717, 1.165) is 66.2 Å². The highest BCUT2D eigenvalue weighted by Gasteiger charge is 2.58. The third-order valence-corrected chi connectivity index (χ3v) is 9.01. The average Bonchev–Trinajstić information content (AvgIpc) is 3.60. The van der Waals surface area contributed by atoms with Crippen LogP contribution in [0, 0.1) is 0 Å². The van der Waals surface area contributed by atoms with E-state index in [0.29, 0.717) is 18.2 Å². The van der Waals surface area contributed by atoms with Gasteiger partial charge in [0.15, 0.2) is 0 Å². The molecule has 2 aromatic carbocycles. The molecular formula is C28H31N5O3S. The summed E-state index contributed by atoms with van der Waals surface area (Å²) in [5.74, 6) is 3.51. The third kappa shape index (κ3) is 4.46. The fraction of sp³-hybridized carbons (Fsp3) is 0.357. The maximum Gasteiger partial charge on any atom is 0.150 e. The Morgan fingerprint density at radius 1 is 1.05 bits per heavy atom. The maximum absolute atomic E-state index is 12.6. The van der Waals surface area contributed by atoms with Crippen LogP contribution in [0.15, 0.2) is 67.0 Å². The highest BCUT2D eigenvalue weighted by molar-refractivity contribution is 7.89. The normalized spacial score (nSPS) is 23.5. The molecule has 2 aliphatic rings. The van der Waals surface area contributed by atoms with Gasteiger partial charge < -0.3 is 19.8 Å². The molecule has 192 valence electrons. The van der Waals surface area contributed by atoms with Crippen LogP contribution in [0.25, 0.3) is 16.8 Å². The van der Waals surface area contributed by atoms with E-state index < -0.39 is 11.4 Å². The molecule has 2 aliphatic carbocycles. The molecule has 2 fully saturated rings. The van der Waals surface area contributed by atoms with E-state index in [-0.39, 0.29) is 11.0 Å². The Labute approximate surface area is 219 Å². The molecule has 1 atom stereocenters. The van der Waals surface area contributed by atoms with Crippen LogP contribution < -0.4 is 15.2 Å². The predicted octanol–water partition coefficient (Wildman–Crippen LogP) is 4.62. The highest BCUT2D eigenvalue weighted by Crippen LogP contribution is 2.58. The zero-order chi connectivity index (χ0) is 25.5. The number of nitrogens with two attached hydrogens (primary N) is 1. The Balaban J connectivity index is 1.32. The number of hydrogen-bond acceptors (Lipinski definition) is 7. The summed E-state index contributed by atoms with van der Waals surface area (Å²) in [5, 5.41) is 0. The van der Waals surface area contributed by atoms with E-state index in [9.17, 15) is 4.55 Å². The first kappa shape index (κ1) is 24.2. The van der Waals surface area contributed by atoms with E-state index in [1.165, 1.54) is 0 Å². The summed E-state index contributed by atoms with van der Waals surface area (Å²) in [6.45, 7) is 0.483. The van der Waals surface area contributed by atoms with Gasteiger partial charge in [0.1, 0.15) is 40.1 Å². The third-order valence-electron chi connectivity index (χ3n) is 7.81. The Bertz CT molecular complexity index is 1380. The SMILES string of the molecule is COCC[S+]([O-])NC12CCC(c3nc(-c4ccc(Oc5ccccc5)cc4)c4c(N)nccn34)(CC1)C2. The molecule has 37 heavy (non-hydrogen) atoms. The highest BCUT2D eigenvalue weighted by atomic mass is 32.2. The minimum Gasteiger partial charge on any atom is -0.598 e. The van der Waals surface area contributed by atoms with Crippen LogP contribution in [0.1, 0.15) is 37.9 Å². The molecule has 9 heteroatoms. The summed E-state index contributed by atoms with van der Waals surface area (Å²) in [6, 6.07) is 17.7. The Hall–Kier alpha value is -3.11. The Morgan fingerprint density at radius 3 is 2.51 bits per heavy atom. The largest absolute Gasteiger partial charge is 0.598 e. The van der Waals surface area contributed by atoms with Gasteiger partial charge in [0.05, 0.1) is 12.1 Å². The van der Waals surface area contributed by atoms with Crippen molar-refractivity contribution in [2.75, 3.05) is 25.2 Å². The number of benzene rings is 2. The molecule has 4 aromatic rings. The number of fused-ring (bicyclic) bond motifs is 3. The van der Waals surface area contributed by atoms with Gasteiger partial charge in [0.25, 0.3) is 0 Å². The van der Waals surface area contributed by atoms with Crippen LogP contribution in [-0.2, 0) is 21.5 Å². The maximum atomic E-state index is 12.6. The average molecular weight is 518 g/mol. The van der Waals surface area contributed by atoms with Gasteiger partial charge in [0, 0.05) is 41.8 Å². The van der Waals surface area contributed by atoms with Gasteiger partial charge in [-0.3, -0.25) is 4.40 Å². The number of hydrogen-bond donors (Lipinski definition) is 2. The fourth-order valence-electron chi connectivity index (χ4n) is 6.05. The van der Waals surface area contributed by atoms with Gasteiger partial charge in [0.2, 0.25) is 0 Å². The number of nitrogens with zero attached hydrogens (tertiary/aromatic N) is 3. The van der Waals surface area contributed by atoms with E-state index in [2.05, 4.69) is 14.1 Å².